The number of hydrogen-bond acceptors (Lipinski definition) is 2. The highest BCUT2D eigenvalue weighted by Crippen LogP contribution is 2.14. The predicted octanol–water partition coefficient (Wildman–Crippen LogP) is 1.51. The third-order valence-corrected chi connectivity index (χ3v) is 2.66. The van der Waals surface area contributed by atoms with Crippen molar-refractivity contribution < 1.29 is 9.90 Å². The van der Waals surface area contributed by atoms with Crippen LogP contribution in [0.1, 0.15) is 34.6 Å². The third-order valence-electron chi connectivity index (χ3n) is 2.66. The third kappa shape index (κ3) is 3.29. The molecular weight excluding hydrogens is 178 g/mol. The molecule has 0 aromatic heterocycles. The molecule has 0 radical (unpaired) electrons. The van der Waals surface area contributed by atoms with Crippen molar-refractivity contribution >= 4 is 5.91 Å². The average molecular weight is 201 g/mol. The van der Waals surface area contributed by atoms with E-state index in [-0.39, 0.29) is 17.7 Å². The highest BCUT2D eigenvalue weighted by atomic mass is 16.3. The Morgan fingerprint density at radius 3 is 1.93 bits per heavy atom. The first-order valence-corrected chi connectivity index (χ1v) is 5.42. The molecule has 0 saturated heterocycles. The Hall–Kier alpha value is -0.570. The zero-order chi connectivity index (χ0) is 11.3. The Labute approximate surface area is 87.1 Å². The number of carbonyl (C=O) groups is 1. The van der Waals surface area contributed by atoms with Crippen LogP contribution in [-0.2, 0) is 4.79 Å². The number of aliphatic hydroxyl groups is 1. The van der Waals surface area contributed by atoms with Crippen LogP contribution < -0.4 is 0 Å². The molecule has 1 N–H and O–H groups in total. The van der Waals surface area contributed by atoms with Gasteiger partial charge in [0.15, 0.2) is 0 Å². The van der Waals surface area contributed by atoms with Gasteiger partial charge in [-0.3, -0.25) is 4.79 Å². The number of aliphatic hydroxyl groups excluding tert-OH is 1. The lowest BCUT2D eigenvalue weighted by Gasteiger charge is -2.27. The summed E-state index contributed by atoms with van der Waals surface area (Å²) < 4.78 is 0. The molecule has 0 unspecified atom stereocenters. The largest absolute Gasteiger partial charge is 0.392 e. The van der Waals surface area contributed by atoms with Gasteiger partial charge in [-0.25, -0.2) is 0 Å². The Bertz CT molecular complexity index is 176. The van der Waals surface area contributed by atoms with Crippen LogP contribution in [0.2, 0.25) is 0 Å². The van der Waals surface area contributed by atoms with Crippen molar-refractivity contribution in [1.82, 2.24) is 4.90 Å². The van der Waals surface area contributed by atoms with E-state index in [1.54, 1.807) is 11.8 Å². The Kier molecular flexibility index (Phi) is 5.77. The van der Waals surface area contributed by atoms with E-state index in [2.05, 4.69) is 0 Å². The van der Waals surface area contributed by atoms with Gasteiger partial charge in [0.2, 0.25) is 5.91 Å². The highest BCUT2D eigenvalue weighted by molar-refractivity contribution is 5.79. The lowest BCUT2D eigenvalue weighted by atomic mass is 9.94. The van der Waals surface area contributed by atoms with Crippen LogP contribution in [0.5, 0.6) is 0 Å². The summed E-state index contributed by atoms with van der Waals surface area (Å²) in [4.78, 5) is 13.6. The van der Waals surface area contributed by atoms with Gasteiger partial charge in [-0.15, -0.1) is 0 Å². The summed E-state index contributed by atoms with van der Waals surface area (Å²) in [5, 5.41) is 9.76. The fourth-order valence-corrected chi connectivity index (χ4v) is 1.55. The van der Waals surface area contributed by atoms with Crippen molar-refractivity contribution in [2.45, 2.75) is 40.7 Å². The van der Waals surface area contributed by atoms with Crippen LogP contribution in [-0.4, -0.2) is 35.1 Å². The van der Waals surface area contributed by atoms with Crippen LogP contribution in [0, 0.1) is 11.8 Å². The quantitative estimate of drug-likeness (QED) is 0.732. The molecule has 84 valence electrons. The van der Waals surface area contributed by atoms with Crippen molar-refractivity contribution in [3.8, 4) is 0 Å². The highest BCUT2D eigenvalue weighted by Gasteiger charge is 2.26. The summed E-state index contributed by atoms with van der Waals surface area (Å²) in [5.41, 5.74) is 0. The molecule has 3 heteroatoms. The first-order chi connectivity index (χ1) is 6.45. The van der Waals surface area contributed by atoms with Gasteiger partial charge in [-0.1, -0.05) is 20.8 Å². The first-order valence-electron chi connectivity index (χ1n) is 5.42. The molecule has 0 spiro atoms. The van der Waals surface area contributed by atoms with Crippen molar-refractivity contribution in [1.29, 1.82) is 0 Å². The zero-order valence-corrected chi connectivity index (χ0v) is 9.95. The van der Waals surface area contributed by atoms with Gasteiger partial charge < -0.3 is 10.0 Å². The minimum atomic E-state index is -0.539. The second kappa shape index (κ2) is 6.02. The predicted molar refractivity (Wildman–Crippen MR) is 57.9 cm³/mol. The van der Waals surface area contributed by atoms with E-state index in [0.717, 1.165) is 0 Å². The van der Waals surface area contributed by atoms with E-state index in [1.165, 1.54) is 0 Å². The van der Waals surface area contributed by atoms with E-state index in [4.69, 9.17) is 0 Å². The summed E-state index contributed by atoms with van der Waals surface area (Å²) in [6, 6.07) is 0. The summed E-state index contributed by atoms with van der Waals surface area (Å²) in [5.74, 6) is -0.115. The van der Waals surface area contributed by atoms with Crippen molar-refractivity contribution in [3.05, 3.63) is 0 Å². The number of nitrogens with zero attached hydrogens (tertiary/aromatic N) is 1. The van der Waals surface area contributed by atoms with E-state index < -0.39 is 6.10 Å². The number of amides is 1. The molecular formula is C11H23NO2. The molecule has 0 bridgehead atoms. The van der Waals surface area contributed by atoms with E-state index in [1.807, 2.05) is 27.7 Å². The monoisotopic (exact) mass is 201 g/mol. The van der Waals surface area contributed by atoms with Crippen molar-refractivity contribution in [3.63, 3.8) is 0 Å². The van der Waals surface area contributed by atoms with E-state index in [9.17, 15) is 9.90 Å². The molecule has 1 amide bonds. The molecule has 2 atom stereocenters. The maximum atomic E-state index is 11.8. The molecule has 0 aromatic carbocycles. The molecule has 0 saturated carbocycles. The maximum Gasteiger partial charge on any atom is 0.228 e. The molecule has 0 aliphatic carbocycles. The average Bonchev–Trinajstić information content (AvgIpc) is 2.17. The smallest absolute Gasteiger partial charge is 0.228 e. The molecule has 0 aliphatic heterocycles. The summed E-state index contributed by atoms with van der Waals surface area (Å²) in [7, 11) is 0. The molecule has 3 nitrogen and oxygen atoms in total. The molecule has 14 heavy (non-hydrogen) atoms. The zero-order valence-electron chi connectivity index (χ0n) is 9.95. The number of rotatable bonds is 5. The Balaban J connectivity index is 4.36. The Morgan fingerprint density at radius 2 is 1.64 bits per heavy atom. The van der Waals surface area contributed by atoms with Gasteiger partial charge >= 0.3 is 0 Å². The normalized spacial score (nSPS) is 15.4. The van der Waals surface area contributed by atoms with Crippen molar-refractivity contribution in [2.24, 2.45) is 11.8 Å². The van der Waals surface area contributed by atoms with Crippen molar-refractivity contribution in [2.75, 3.05) is 13.1 Å². The van der Waals surface area contributed by atoms with Crippen LogP contribution in [0.4, 0.5) is 0 Å². The van der Waals surface area contributed by atoms with Gasteiger partial charge in [0.05, 0.1) is 12.0 Å². The van der Waals surface area contributed by atoms with E-state index >= 15 is 0 Å². The molecule has 0 fully saturated rings. The van der Waals surface area contributed by atoms with Gasteiger partial charge in [0.25, 0.3) is 0 Å². The van der Waals surface area contributed by atoms with Crippen LogP contribution in [0.15, 0.2) is 0 Å². The van der Waals surface area contributed by atoms with Gasteiger partial charge in [0.1, 0.15) is 0 Å². The summed E-state index contributed by atoms with van der Waals surface area (Å²) in [6.07, 6.45) is -0.539. The molecule has 0 aliphatic rings. The number of carbonyl (C=O) groups excluding carboxylic acids is 1. The number of hydrogen-bond donors (Lipinski definition) is 1. The van der Waals surface area contributed by atoms with Crippen LogP contribution in [0.3, 0.4) is 0 Å². The first kappa shape index (κ1) is 13.4. The minimum Gasteiger partial charge on any atom is -0.392 e. The Morgan fingerprint density at radius 1 is 1.21 bits per heavy atom. The van der Waals surface area contributed by atoms with E-state index in [0.29, 0.717) is 13.1 Å². The summed E-state index contributed by atoms with van der Waals surface area (Å²) >= 11 is 0. The summed E-state index contributed by atoms with van der Waals surface area (Å²) in [6.45, 7) is 11.0. The van der Waals surface area contributed by atoms with Crippen LogP contribution in [0.25, 0.3) is 0 Å². The fourth-order valence-electron chi connectivity index (χ4n) is 1.55. The van der Waals surface area contributed by atoms with Gasteiger partial charge in [-0.2, -0.15) is 0 Å². The topological polar surface area (TPSA) is 40.5 Å². The second-order valence-electron chi connectivity index (χ2n) is 4.03. The standard InChI is InChI=1S/C11H23NO2/c1-6-12(7-2)11(14)9(5)10(13)8(3)4/h8-10,13H,6-7H2,1-5H3/t9-,10+/m0/s1. The lowest BCUT2D eigenvalue weighted by molar-refractivity contribution is -0.139. The second-order valence-corrected chi connectivity index (χ2v) is 4.03. The maximum absolute atomic E-state index is 11.8. The fraction of sp³-hybridized carbons (Fsp3) is 0.909. The lowest BCUT2D eigenvalue weighted by Crippen LogP contribution is -2.41. The van der Waals surface area contributed by atoms with Gasteiger partial charge in [0, 0.05) is 13.1 Å². The van der Waals surface area contributed by atoms with Crippen LogP contribution >= 0.6 is 0 Å². The van der Waals surface area contributed by atoms with Gasteiger partial charge in [-0.05, 0) is 19.8 Å². The minimum absolute atomic E-state index is 0.0520. The molecule has 0 aromatic rings. The molecule has 0 rings (SSSR count). The molecule has 0 heterocycles. The SMILES string of the molecule is CCN(CC)C(=O)[C@@H](C)[C@H](O)C(C)C.